The van der Waals surface area contributed by atoms with Gasteiger partial charge in [0.25, 0.3) is 0 Å². The molecule has 0 radical (unpaired) electrons. The summed E-state index contributed by atoms with van der Waals surface area (Å²) < 4.78 is 0. The molecule has 0 bridgehead atoms. The summed E-state index contributed by atoms with van der Waals surface area (Å²) in [5.74, 6) is 0.388. The quantitative estimate of drug-likeness (QED) is 0.811. The minimum Gasteiger partial charge on any atom is -0.354 e. The molecule has 4 nitrogen and oxygen atoms in total. The summed E-state index contributed by atoms with van der Waals surface area (Å²) >= 11 is 0. The van der Waals surface area contributed by atoms with Gasteiger partial charge in [0, 0.05) is 24.5 Å². The molecule has 1 heterocycles. The molecule has 0 aromatic heterocycles. The van der Waals surface area contributed by atoms with Gasteiger partial charge in [-0.15, -0.1) is 0 Å². The van der Waals surface area contributed by atoms with Crippen LogP contribution in [0.2, 0.25) is 0 Å². The predicted molar refractivity (Wildman–Crippen MR) is 77.8 cm³/mol. The van der Waals surface area contributed by atoms with E-state index in [4.69, 9.17) is 5.73 Å². The van der Waals surface area contributed by atoms with Gasteiger partial charge in [-0.3, -0.25) is 9.69 Å². The van der Waals surface area contributed by atoms with E-state index in [2.05, 4.69) is 17.1 Å². The molecule has 3 unspecified atom stereocenters. The lowest BCUT2D eigenvalue weighted by Crippen LogP contribution is -2.48. The smallest absolute Gasteiger partial charge is 0.223 e. The van der Waals surface area contributed by atoms with Gasteiger partial charge in [-0.2, -0.15) is 0 Å². The second-order valence-corrected chi connectivity index (χ2v) is 6.15. The van der Waals surface area contributed by atoms with Crippen LogP contribution < -0.4 is 11.1 Å². The van der Waals surface area contributed by atoms with Crippen molar-refractivity contribution < 1.29 is 4.79 Å². The average molecular weight is 267 g/mol. The molecular formula is C15H29N3O. The van der Waals surface area contributed by atoms with E-state index in [1.54, 1.807) is 0 Å². The van der Waals surface area contributed by atoms with Crippen molar-refractivity contribution in [1.82, 2.24) is 10.2 Å². The molecule has 1 saturated heterocycles. The molecule has 110 valence electrons. The van der Waals surface area contributed by atoms with Gasteiger partial charge in [0.15, 0.2) is 0 Å². The third-order valence-electron chi connectivity index (χ3n) is 4.75. The monoisotopic (exact) mass is 267 g/mol. The summed E-state index contributed by atoms with van der Waals surface area (Å²) in [6.07, 6.45) is 7.88. The van der Waals surface area contributed by atoms with E-state index in [9.17, 15) is 4.79 Å². The van der Waals surface area contributed by atoms with Gasteiger partial charge in [0.1, 0.15) is 0 Å². The van der Waals surface area contributed by atoms with Gasteiger partial charge in [0.2, 0.25) is 5.91 Å². The average Bonchev–Trinajstić information content (AvgIpc) is 2.45. The zero-order chi connectivity index (χ0) is 13.7. The van der Waals surface area contributed by atoms with Crippen LogP contribution in [0.1, 0.15) is 51.9 Å². The molecule has 4 heteroatoms. The standard InChI is InChI=1S/C15H29N3O/c1-2-18-9-4-3-8-14(18)11-17-15(19)12-6-5-7-13(16)10-12/h12-14H,2-11,16H2,1H3,(H,17,19). The maximum Gasteiger partial charge on any atom is 0.223 e. The summed E-state index contributed by atoms with van der Waals surface area (Å²) in [6, 6.07) is 0.770. The number of carbonyl (C=O) groups is 1. The second-order valence-electron chi connectivity index (χ2n) is 6.15. The van der Waals surface area contributed by atoms with E-state index < -0.39 is 0 Å². The van der Waals surface area contributed by atoms with Crippen LogP contribution >= 0.6 is 0 Å². The Morgan fingerprint density at radius 1 is 1.26 bits per heavy atom. The fourth-order valence-corrected chi connectivity index (χ4v) is 3.54. The Hall–Kier alpha value is -0.610. The number of hydrogen-bond donors (Lipinski definition) is 2. The van der Waals surface area contributed by atoms with Gasteiger partial charge < -0.3 is 11.1 Å². The summed E-state index contributed by atoms with van der Waals surface area (Å²) in [4.78, 5) is 14.7. The summed E-state index contributed by atoms with van der Waals surface area (Å²) in [5.41, 5.74) is 5.96. The third-order valence-corrected chi connectivity index (χ3v) is 4.75. The zero-order valence-electron chi connectivity index (χ0n) is 12.2. The molecule has 3 atom stereocenters. The van der Waals surface area contributed by atoms with E-state index in [-0.39, 0.29) is 17.9 Å². The number of amides is 1. The van der Waals surface area contributed by atoms with Gasteiger partial charge in [-0.25, -0.2) is 0 Å². The molecule has 0 aromatic carbocycles. The Bertz CT molecular complexity index is 295. The van der Waals surface area contributed by atoms with Crippen LogP contribution in [0, 0.1) is 5.92 Å². The van der Waals surface area contributed by atoms with E-state index >= 15 is 0 Å². The van der Waals surface area contributed by atoms with Crippen LogP contribution in [0.3, 0.4) is 0 Å². The van der Waals surface area contributed by atoms with Gasteiger partial charge in [-0.05, 0) is 45.2 Å². The van der Waals surface area contributed by atoms with Crippen molar-refractivity contribution in [3.05, 3.63) is 0 Å². The highest BCUT2D eigenvalue weighted by molar-refractivity contribution is 5.78. The van der Waals surface area contributed by atoms with Gasteiger partial charge in [-0.1, -0.05) is 19.8 Å². The lowest BCUT2D eigenvalue weighted by Gasteiger charge is -2.35. The first-order chi connectivity index (χ1) is 9.20. The fourth-order valence-electron chi connectivity index (χ4n) is 3.54. The van der Waals surface area contributed by atoms with Crippen LogP contribution in [0.4, 0.5) is 0 Å². The lowest BCUT2D eigenvalue weighted by atomic mass is 9.85. The Morgan fingerprint density at radius 3 is 2.84 bits per heavy atom. The van der Waals surface area contributed by atoms with E-state index in [0.717, 1.165) is 38.8 Å². The Balaban J connectivity index is 1.75. The van der Waals surface area contributed by atoms with Gasteiger partial charge >= 0.3 is 0 Å². The molecule has 19 heavy (non-hydrogen) atoms. The number of likely N-dealkylation sites (tertiary alicyclic amines) is 1. The number of carbonyl (C=O) groups excluding carboxylic acids is 1. The fraction of sp³-hybridized carbons (Fsp3) is 0.933. The van der Waals surface area contributed by atoms with E-state index in [0.29, 0.717) is 6.04 Å². The minimum atomic E-state index is 0.155. The maximum absolute atomic E-state index is 12.2. The first-order valence-electron chi connectivity index (χ1n) is 7.98. The number of nitrogens with two attached hydrogens (primary N) is 1. The van der Waals surface area contributed by atoms with Crippen LogP contribution in [-0.2, 0) is 4.79 Å². The normalized spacial score (nSPS) is 33.1. The molecule has 2 aliphatic rings. The minimum absolute atomic E-state index is 0.155. The van der Waals surface area contributed by atoms with Crippen LogP contribution in [0.5, 0.6) is 0 Å². The van der Waals surface area contributed by atoms with Crippen LogP contribution in [0.15, 0.2) is 0 Å². The van der Waals surface area contributed by atoms with Crippen LogP contribution in [-0.4, -0.2) is 42.5 Å². The van der Waals surface area contributed by atoms with Crippen LogP contribution in [0.25, 0.3) is 0 Å². The molecular weight excluding hydrogens is 238 g/mol. The highest BCUT2D eigenvalue weighted by atomic mass is 16.1. The predicted octanol–water partition coefficient (Wildman–Crippen LogP) is 1.49. The van der Waals surface area contributed by atoms with E-state index in [1.165, 1.54) is 25.8 Å². The summed E-state index contributed by atoms with van der Waals surface area (Å²) in [7, 11) is 0. The third kappa shape index (κ3) is 4.18. The van der Waals surface area contributed by atoms with Gasteiger partial charge in [0.05, 0.1) is 0 Å². The molecule has 0 spiro atoms. The number of rotatable bonds is 4. The molecule has 1 aliphatic carbocycles. The molecule has 2 fully saturated rings. The van der Waals surface area contributed by atoms with Crippen molar-refractivity contribution in [2.75, 3.05) is 19.6 Å². The number of piperidine rings is 1. The van der Waals surface area contributed by atoms with Crippen molar-refractivity contribution in [2.45, 2.75) is 64.0 Å². The largest absolute Gasteiger partial charge is 0.354 e. The topological polar surface area (TPSA) is 58.4 Å². The molecule has 1 saturated carbocycles. The van der Waals surface area contributed by atoms with Crippen molar-refractivity contribution in [2.24, 2.45) is 11.7 Å². The summed E-state index contributed by atoms with van der Waals surface area (Å²) in [6.45, 7) is 5.30. The Kier molecular flexibility index (Phi) is 5.64. The Labute approximate surface area is 117 Å². The molecule has 3 N–H and O–H groups in total. The maximum atomic E-state index is 12.2. The van der Waals surface area contributed by atoms with Crippen molar-refractivity contribution in [1.29, 1.82) is 0 Å². The lowest BCUT2D eigenvalue weighted by molar-refractivity contribution is -0.126. The Morgan fingerprint density at radius 2 is 2.11 bits per heavy atom. The first-order valence-corrected chi connectivity index (χ1v) is 7.98. The SMILES string of the molecule is CCN1CCCCC1CNC(=O)C1CCCC(N)C1. The zero-order valence-corrected chi connectivity index (χ0v) is 12.2. The highest BCUT2D eigenvalue weighted by Gasteiger charge is 2.27. The van der Waals surface area contributed by atoms with E-state index in [1.807, 2.05) is 0 Å². The molecule has 0 aromatic rings. The number of likely N-dealkylation sites (N-methyl/N-ethyl adjacent to an activating group) is 1. The highest BCUT2D eigenvalue weighted by Crippen LogP contribution is 2.23. The number of hydrogen-bond acceptors (Lipinski definition) is 3. The van der Waals surface area contributed by atoms with Crippen molar-refractivity contribution >= 4 is 5.91 Å². The van der Waals surface area contributed by atoms with Crippen molar-refractivity contribution in [3.8, 4) is 0 Å². The number of nitrogens with one attached hydrogen (secondary N) is 1. The second kappa shape index (κ2) is 7.25. The number of nitrogens with zero attached hydrogens (tertiary/aromatic N) is 1. The summed E-state index contributed by atoms with van der Waals surface area (Å²) in [5, 5.41) is 3.17. The molecule has 1 aliphatic heterocycles. The molecule has 2 rings (SSSR count). The van der Waals surface area contributed by atoms with Crippen molar-refractivity contribution in [3.63, 3.8) is 0 Å². The molecule has 1 amide bonds. The first kappa shape index (κ1) is 14.8.